The lowest BCUT2D eigenvalue weighted by atomic mass is 10.2. The molecule has 0 atom stereocenters. The van der Waals surface area contributed by atoms with Crippen LogP contribution in [0.25, 0.3) is 11.9 Å². The van der Waals surface area contributed by atoms with E-state index < -0.39 is 0 Å². The molecule has 1 amide bonds. The first kappa shape index (κ1) is 20.0. The third-order valence-corrected chi connectivity index (χ3v) is 4.44. The zero-order chi connectivity index (χ0) is 21.6. The van der Waals surface area contributed by atoms with E-state index in [0.717, 1.165) is 11.4 Å². The lowest BCUT2D eigenvalue weighted by molar-refractivity contribution is -0.111. The Balaban J connectivity index is 1.42. The Morgan fingerprint density at radius 3 is 2.52 bits per heavy atom. The van der Waals surface area contributed by atoms with Gasteiger partial charge in [0.05, 0.1) is 0 Å². The van der Waals surface area contributed by atoms with Gasteiger partial charge in [-0.3, -0.25) is 9.36 Å². The third-order valence-electron chi connectivity index (χ3n) is 4.44. The van der Waals surface area contributed by atoms with Crippen LogP contribution in [0.15, 0.2) is 79.1 Å². The van der Waals surface area contributed by atoms with Gasteiger partial charge < -0.3 is 10.1 Å². The minimum Gasteiger partial charge on any atom is -0.439 e. The fourth-order valence-corrected chi connectivity index (χ4v) is 2.97. The van der Waals surface area contributed by atoms with Crippen molar-refractivity contribution in [2.45, 2.75) is 13.8 Å². The van der Waals surface area contributed by atoms with Crippen LogP contribution in [0, 0.1) is 13.8 Å². The standard InChI is InChI=1S/C24H21N5O2/c1-17-26-22(29-15-14-25-18(29)2)16-24(27-17)31-21-11-9-20(10-12-21)28-23(30)13-8-19-6-4-3-5-7-19/h3-16H,1-2H3,(H,28,30)/b13-8+. The molecule has 0 saturated carbocycles. The zero-order valence-corrected chi connectivity index (χ0v) is 17.2. The van der Waals surface area contributed by atoms with E-state index in [1.807, 2.05) is 54.9 Å². The molecule has 2 heterocycles. The number of ether oxygens (including phenoxy) is 1. The Morgan fingerprint density at radius 2 is 1.81 bits per heavy atom. The van der Waals surface area contributed by atoms with Crippen molar-refractivity contribution in [2.24, 2.45) is 0 Å². The van der Waals surface area contributed by atoms with Crippen molar-refractivity contribution in [1.29, 1.82) is 0 Å². The lowest BCUT2D eigenvalue weighted by Gasteiger charge is -2.10. The van der Waals surface area contributed by atoms with Gasteiger partial charge in [-0.05, 0) is 49.8 Å². The number of amides is 1. The van der Waals surface area contributed by atoms with Crippen molar-refractivity contribution >= 4 is 17.7 Å². The highest BCUT2D eigenvalue weighted by Crippen LogP contribution is 2.23. The topological polar surface area (TPSA) is 81.9 Å². The maximum atomic E-state index is 12.1. The number of hydrogen-bond donors (Lipinski definition) is 1. The molecular weight excluding hydrogens is 390 g/mol. The fourth-order valence-electron chi connectivity index (χ4n) is 2.97. The van der Waals surface area contributed by atoms with E-state index in [1.165, 1.54) is 6.08 Å². The molecule has 1 N–H and O–H groups in total. The largest absolute Gasteiger partial charge is 0.439 e. The summed E-state index contributed by atoms with van der Waals surface area (Å²) in [5.74, 6) is 2.93. The SMILES string of the molecule is Cc1nc(Oc2ccc(NC(=O)/C=C/c3ccccc3)cc2)cc(-n2ccnc2C)n1. The van der Waals surface area contributed by atoms with Gasteiger partial charge in [0.15, 0.2) is 0 Å². The van der Waals surface area contributed by atoms with E-state index in [9.17, 15) is 4.79 Å². The Bertz CT molecular complexity index is 1210. The van der Waals surface area contributed by atoms with Gasteiger partial charge in [-0.2, -0.15) is 4.98 Å². The highest BCUT2D eigenvalue weighted by atomic mass is 16.5. The molecule has 0 bridgehead atoms. The second-order valence-electron chi connectivity index (χ2n) is 6.82. The minimum atomic E-state index is -0.204. The van der Waals surface area contributed by atoms with Gasteiger partial charge in [0.1, 0.15) is 23.2 Å². The zero-order valence-electron chi connectivity index (χ0n) is 17.2. The molecule has 0 fully saturated rings. The number of nitrogens with one attached hydrogen (secondary N) is 1. The molecule has 7 heteroatoms. The van der Waals surface area contributed by atoms with Gasteiger partial charge in [-0.25, -0.2) is 9.97 Å². The summed E-state index contributed by atoms with van der Waals surface area (Å²) in [5, 5.41) is 2.83. The Hall–Kier alpha value is -4.26. The Kier molecular flexibility index (Phi) is 5.84. The third kappa shape index (κ3) is 5.22. The lowest BCUT2D eigenvalue weighted by Crippen LogP contribution is -2.07. The number of aromatic nitrogens is 4. The van der Waals surface area contributed by atoms with Gasteiger partial charge in [-0.1, -0.05) is 30.3 Å². The number of rotatable bonds is 6. The van der Waals surface area contributed by atoms with Gasteiger partial charge >= 0.3 is 0 Å². The fraction of sp³-hybridized carbons (Fsp3) is 0.0833. The minimum absolute atomic E-state index is 0.204. The predicted octanol–water partition coefficient (Wildman–Crippen LogP) is 4.72. The first-order valence-electron chi connectivity index (χ1n) is 9.75. The number of benzene rings is 2. The smallest absolute Gasteiger partial charge is 0.248 e. The molecule has 31 heavy (non-hydrogen) atoms. The van der Waals surface area contributed by atoms with Gasteiger partial charge in [0, 0.05) is 30.2 Å². The molecule has 0 aliphatic rings. The second-order valence-corrected chi connectivity index (χ2v) is 6.82. The Labute approximate surface area is 180 Å². The van der Waals surface area contributed by atoms with Crippen LogP contribution in [-0.2, 0) is 4.79 Å². The number of hydrogen-bond acceptors (Lipinski definition) is 5. The van der Waals surface area contributed by atoms with Gasteiger partial charge in [-0.15, -0.1) is 0 Å². The van der Waals surface area contributed by atoms with Crippen molar-refractivity contribution in [3.8, 4) is 17.4 Å². The number of anilines is 1. The van der Waals surface area contributed by atoms with E-state index in [2.05, 4.69) is 20.3 Å². The summed E-state index contributed by atoms with van der Waals surface area (Å²) in [6, 6.07) is 18.5. The van der Waals surface area contributed by atoms with Crippen LogP contribution in [0.4, 0.5) is 5.69 Å². The molecular formula is C24H21N5O2. The molecule has 4 rings (SSSR count). The van der Waals surface area contributed by atoms with E-state index in [-0.39, 0.29) is 5.91 Å². The van der Waals surface area contributed by atoms with Gasteiger partial charge in [0.2, 0.25) is 11.8 Å². The summed E-state index contributed by atoms with van der Waals surface area (Å²) < 4.78 is 7.76. The van der Waals surface area contributed by atoms with Crippen LogP contribution in [0.2, 0.25) is 0 Å². The molecule has 154 valence electrons. The number of imidazole rings is 1. The molecule has 2 aromatic carbocycles. The maximum absolute atomic E-state index is 12.1. The molecule has 0 spiro atoms. The number of nitrogens with zero attached hydrogens (tertiary/aromatic N) is 4. The van der Waals surface area contributed by atoms with Crippen molar-refractivity contribution in [3.63, 3.8) is 0 Å². The van der Waals surface area contributed by atoms with E-state index >= 15 is 0 Å². The van der Waals surface area contributed by atoms with E-state index in [1.54, 1.807) is 42.6 Å². The molecule has 2 aromatic heterocycles. The number of carbonyl (C=O) groups excluding carboxylic acids is 1. The average molecular weight is 411 g/mol. The van der Waals surface area contributed by atoms with E-state index in [4.69, 9.17) is 4.74 Å². The highest BCUT2D eigenvalue weighted by Gasteiger charge is 2.08. The predicted molar refractivity (Wildman–Crippen MR) is 119 cm³/mol. The van der Waals surface area contributed by atoms with E-state index in [0.29, 0.717) is 29.0 Å². The molecule has 0 aliphatic heterocycles. The van der Waals surface area contributed by atoms with Crippen molar-refractivity contribution in [2.75, 3.05) is 5.32 Å². The van der Waals surface area contributed by atoms with Crippen LogP contribution < -0.4 is 10.1 Å². The van der Waals surface area contributed by atoms with Crippen molar-refractivity contribution in [3.05, 3.63) is 96.3 Å². The van der Waals surface area contributed by atoms with Gasteiger partial charge in [0.25, 0.3) is 0 Å². The van der Waals surface area contributed by atoms with Crippen LogP contribution >= 0.6 is 0 Å². The quantitative estimate of drug-likeness (QED) is 0.464. The van der Waals surface area contributed by atoms with Crippen molar-refractivity contribution < 1.29 is 9.53 Å². The van der Waals surface area contributed by atoms with Crippen LogP contribution in [0.3, 0.4) is 0 Å². The van der Waals surface area contributed by atoms with Crippen LogP contribution in [0.1, 0.15) is 17.2 Å². The highest BCUT2D eigenvalue weighted by molar-refractivity contribution is 6.01. The monoisotopic (exact) mass is 411 g/mol. The first-order valence-corrected chi connectivity index (χ1v) is 9.75. The van der Waals surface area contributed by atoms with Crippen LogP contribution in [0.5, 0.6) is 11.6 Å². The molecule has 0 aliphatic carbocycles. The van der Waals surface area contributed by atoms with Crippen LogP contribution in [-0.4, -0.2) is 25.4 Å². The summed E-state index contributed by atoms with van der Waals surface area (Å²) in [7, 11) is 0. The number of aryl methyl sites for hydroxylation is 2. The molecule has 0 radical (unpaired) electrons. The summed E-state index contributed by atoms with van der Waals surface area (Å²) in [4.78, 5) is 25.1. The average Bonchev–Trinajstić information content (AvgIpc) is 3.20. The molecule has 0 saturated heterocycles. The molecule has 4 aromatic rings. The normalized spacial score (nSPS) is 10.9. The first-order chi connectivity index (χ1) is 15.1. The maximum Gasteiger partial charge on any atom is 0.248 e. The summed E-state index contributed by atoms with van der Waals surface area (Å²) in [5.41, 5.74) is 1.63. The Morgan fingerprint density at radius 1 is 1.03 bits per heavy atom. The second kappa shape index (κ2) is 9.04. The summed E-state index contributed by atoms with van der Waals surface area (Å²) >= 11 is 0. The summed E-state index contributed by atoms with van der Waals surface area (Å²) in [6.07, 6.45) is 6.83. The van der Waals surface area contributed by atoms with Crippen molar-refractivity contribution in [1.82, 2.24) is 19.5 Å². The number of carbonyl (C=O) groups is 1. The molecule has 0 unspecified atom stereocenters. The molecule has 7 nitrogen and oxygen atoms in total. The summed E-state index contributed by atoms with van der Waals surface area (Å²) in [6.45, 7) is 3.71.